The van der Waals surface area contributed by atoms with Gasteiger partial charge in [-0.3, -0.25) is 19.3 Å². The number of aromatic nitrogens is 3. The second kappa shape index (κ2) is 8.07. The summed E-state index contributed by atoms with van der Waals surface area (Å²) >= 11 is 6.83. The summed E-state index contributed by atoms with van der Waals surface area (Å²) in [7, 11) is 0. The summed E-state index contributed by atoms with van der Waals surface area (Å²) in [5.41, 5.74) is 1.35. The van der Waals surface area contributed by atoms with Gasteiger partial charge in [-0.2, -0.15) is 5.10 Å². The van der Waals surface area contributed by atoms with Crippen LogP contribution in [0.4, 0.5) is 11.4 Å². The van der Waals surface area contributed by atoms with Crippen LogP contribution in [-0.2, 0) is 16.1 Å². The lowest BCUT2D eigenvalue weighted by Crippen LogP contribution is -2.15. The molecule has 0 unspecified atom stereocenters. The number of amides is 2. The third-order valence-corrected chi connectivity index (χ3v) is 4.73. The number of H-pyrrole nitrogens is 1. The molecule has 0 fully saturated rings. The molecule has 3 aromatic rings. The number of hydrogen-bond acceptors (Lipinski definition) is 5. The average molecular weight is 387 g/mol. The molecule has 0 aliphatic heterocycles. The molecule has 0 saturated carbocycles. The molecule has 1 aromatic carbocycles. The van der Waals surface area contributed by atoms with Gasteiger partial charge in [-0.05, 0) is 47.9 Å². The van der Waals surface area contributed by atoms with Crippen LogP contribution < -0.4 is 10.6 Å². The number of rotatable bonds is 6. The van der Waals surface area contributed by atoms with Gasteiger partial charge < -0.3 is 10.6 Å². The lowest BCUT2D eigenvalue weighted by Gasteiger charge is -2.08. The van der Waals surface area contributed by atoms with E-state index in [0.29, 0.717) is 22.7 Å². The Bertz CT molecular complexity index is 958. The molecular formula is C17H17N5O2S2. The minimum absolute atomic E-state index is 0.127. The first kappa shape index (κ1) is 18.0. The Kier molecular flexibility index (Phi) is 5.59. The molecule has 9 heteroatoms. The number of benzene rings is 1. The molecule has 3 rings (SSSR count). The molecule has 2 aromatic heterocycles. The first-order chi connectivity index (χ1) is 12.5. The predicted molar refractivity (Wildman–Crippen MR) is 105 cm³/mol. The predicted octanol–water partition coefficient (Wildman–Crippen LogP) is 3.66. The Morgan fingerprint density at radius 1 is 1.19 bits per heavy atom. The first-order valence-corrected chi connectivity index (χ1v) is 9.18. The summed E-state index contributed by atoms with van der Waals surface area (Å²) < 4.78 is 2.31. The van der Waals surface area contributed by atoms with Crippen molar-refractivity contribution in [3.63, 3.8) is 0 Å². The monoisotopic (exact) mass is 387 g/mol. The van der Waals surface area contributed by atoms with Crippen LogP contribution >= 0.6 is 23.6 Å². The van der Waals surface area contributed by atoms with Crippen LogP contribution in [0.15, 0.2) is 41.8 Å². The second-order valence-corrected chi connectivity index (χ2v) is 6.87. The normalized spacial score (nSPS) is 10.5. The Labute approximate surface area is 159 Å². The number of hydrogen-bond donors (Lipinski definition) is 3. The maximum atomic E-state index is 12.2. The van der Waals surface area contributed by atoms with Gasteiger partial charge in [-0.1, -0.05) is 6.07 Å². The number of nitrogens with one attached hydrogen (secondary N) is 3. The zero-order valence-electron chi connectivity index (χ0n) is 14.0. The second-order valence-electron chi connectivity index (χ2n) is 5.54. The molecule has 26 heavy (non-hydrogen) atoms. The van der Waals surface area contributed by atoms with Crippen LogP contribution in [0.5, 0.6) is 0 Å². The van der Waals surface area contributed by atoms with Gasteiger partial charge in [0, 0.05) is 31.3 Å². The largest absolute Gasteiger partial charge is 0.326 e. The topological polar surface area (TPSA) is 91.8 Å². The Morgan fingerprint density at radius 2 is 1.88 bits per heavy atom. The molecule has 0 atom stereocenters. The van der Waals surface area contributed by atoms with E-state index in [1.54, 1.807) is 35.6 Å². The highest BCUT2D eigenvalue weighted by molar-refractivity contribution is 7.71. The average Bonchev–Trinajstić information content (AvgIpc) is 3.24. The van der Waals surface area contributed by atoms with Crippen LogP contribution in [0, 0.1) is 4.77 Å². The molecule has 0 aliphatic carbocycles. The fourth-order valence-electron chi connectivity index (χ4n) is 2.40. The number of nitrogens with zero attached hydrogens (tertiary/aromatic N) is 2. The van der Waals surface area contributed by atoms with Crippen molar-refractivity contribution in [3.8, 4) is 10.7 Å². The van der Waals surface area contributed by atoms with Gasteiger partial charge in [0.05, 0.1) is 4.88 Å². The molecule has 0 radical (unpaired) electrons. The van der Waals surface area contributed by atoms with Crippen molar-refractivity contribution < 1.29 is 9.59 Å². The van der Waals surface area contributed by atoms with Crippen molar-refractivity contribution in [2.75, 3.05) is 10.6 Å². The quantitative estimate of drug-likeness (QED) is 0.563. The SMILES string of the molecule is CC(=O)Nc1ccc(NC(=O)CCn2c(-c3cccs3)n[nH]c2=S)cc1. The van der Waals surface area contributed by atoms with Gasteiger partial charge in [-0.15, -0.1) is 11.3 Å². The van der Waals surface area contributed by atoms with Crippen molar-refractivity contribution in [2.24, 2.45) is 0 Å². The molecule has 3 N–H and O–H groups in total. The lowest BCUT2D eigenvalue weighted by molar-refractivity contribution is -0.116. The summed E-state index contributed by atoms with van der Waals surface area (Å²) in [6.45, 7) is 1.87. The van der Waals surface area contributed by atoms with Gasteiger partial charge in [0.15, 0.2) is 10.6 Å². The van der Waals surface area contributed by atoms with Crippen LogP contribution in [0.1, 0.15) is 13.3 Å². The van der Waals surface area contributed by atoms with Gasteiger partial charge in [0.2, 0.25) is 11.8 Å². The molecular weight excluding hydrogens is 370 g/mol. The van der Waals surface area contributed by atoms with Crippen LogP contribution in [0.3, 0.4) is 0 Å². The van der Waals surface area contributed by atoms with Crippen molar-refractivity contribution in [1.82, 2.24) is 14.8 Å². The molecule has 0 spiro atoms. The van der Waals surface area contributed by atoms with E-state index < -0.39 is 0 Å². The third kappa shape index (κ3) is 4.44. The van der Waals surface area contributed by atoms with E-state index in [1.807, 2.05) is 22.1 Å². The summed E-state index contributed by atoms with van der Waals surface area (Å²) in [6.07, 6.45) is 0.264. The van der Waals surface area contributed by atoms with E-state index in [-0.39, 0.29) is 18.2 Å². The van der Waals surface area contributed by atoms with Crippen molar-refractivity contribution in [3.05, 3.63) is 46.5 Å². The number of thiophene rings is 1. The summed E-state index contributed by atoms with van der Waals surface area (Å²) in [5.74, 6) is 0.468. The zero-order valence-corrected chi connectivity index (χ0v) is 15.6. The van der Waals surface area contributed by atoms with Gasteiger partial charge >= 0.3 is 0 Å². The van der Waals surface area contributed by atoms with E-state index in [9.17, 15) is 9.59 Å². The molecule has 0 bridgehead atoms. The smallest absolute Gasteiger partial charge is 0.226 e. The maximum Gasteiger partial charge on any atom is 0.226 e. The third-order valence-electron chi connectivity index (χ3n) is 3.55. The molecule has 7 nitrogen and oxygen atoms in total. The fourth-order valence-corrected chi connectivity index (χ4v) is 3.34. The standard InChI is InChI=1S/C17H17N5O2S2/c1-11(23)18-12-4-6-13(7-5-12)19-15(24)8-9-22-16(20-21-17(22)25)14-3-2-10-26-14/h2-7,10H,8-9H2,1H3,(H,18,23)(H,19,24)(H,21,25). The van der Waals surface area contributed by atoms with E-state index in [1.165, 1.54) is 6.92 Å². The van der Waals surface area contributed by atoms with E-state index in [2.05, 4.69) is 20.8 Å². The summed E-state index contributed by atoms with van der Waals surface area (Å²) in [5, 5.41) is 14.5. The molecule has 2 heterocycles. The zero-order chi connectivity index (χ0) is 18.5. The lowest BCUT2D eigenvalue weighted by atomic mass is 10.2. The minimum atomic E-state index is -0.139. The van der Waals surface area contributed by atoms with Crippen LogP contribution in [0.2, 0.25) is 0 Å². The molecule has 134 valence electrons. The van der Waals surface area contributed by atoms with E-state index in [4.69, 9.17) is 12.2 Å². The van der Waals surface area contributed by atoms with Crippen LogP contribution in [-0.4, -0.2) is 26.6 Å². The fraction of sp³-hybridized carbons (Fsp3) is 0.176. The number of anilines is 2. The molecule has 0 saturated heterocycles. The Hall–Kier alpha value is -2.78. The van der Waals surface area contributed by atoms with Crippen molar-refractivity contribution >= 4 is 46.7 Å². The van der Waals surface area contributed by atoms with Crippen LogP contribution in [0.25, 0.3) is 10.7 Å². The summed E-state index contributed by atoms with van der Waals surface area (Å²) in [6, 6.07) is 10.9. The van der Waals surface area contributed by atoms with Gasteiger partial charge in [-0.25, -0.2) is 0 Å². The summed E-state index contributed by atoms with van der Waals surface area (Å²) in [4.78, 5) is 24.2. The Morgan fingerprint density at radius 3 is 2.50 bits per heavy atom. The minimum Gasteiger partial charge on any atom is -0.326 e. The highest BCUT2D eigenvalue weighted by Crippen LogP contribution is 2.23. The highest BCUT2D eigenvalue weighted by Gasteiger charge is 2.11. The number of carbonyl (C=O) groups excluding carboxylic acids is 2. The number of aromatic amines is 1. The Balaban J connectivity index is 1.61. The van der Waals surface area contributed by atoms with E-state index >= 15 is 0 Å². The van der Waals surface area contributed by atoms with E-state index in [0.717, 1.165) is 10.7 Å². The highest BCUT2D eigenvalue weighted by atomic mass is 32.1. The van der Waals surface area contributed by atoms with Gasteiger partial charge in [0.1, 0.15) is 0 Å². The molecule has 0 aliphatic rings. The number of carbonyl (C=O) groups is 2. The first-order valence-electron chi connectivity index (χ1n) is 7.89. The van der Waals surface area contributed by atoms with Crippen molar-refractivity contribution in [2.45, 2.75) is 19.9 Å². The van der Waals surface area contributed by atoms with Crippen molar-refractivity contribution in [1.29, 1.82) is 0 Å². The maximum absolute atomic E-state index is 12.2. The van der Waals surface area contributed by atoms with Gasteiger partial charge in [0.25, 0.3) is 0 Å². The molecule has 2 amide bonds.